The second-order valence-electron chi connectivity index (χ2n) is 20.2. The van der Waals surface area contributed by atoms with Crippen LogP contribution in [0.4, 0.5) is 10.5 Å². The van der Waals surface area contributed by atoms with E-state index in [9.17, 15) is 19.5 Å². The van der Waals surface area contributed by atoms with Gasteiger partial charge in [0, 0.05) is 61.0 Å². The Balaban J connectivity index is 0.829. The molecule has 4 aromatic carbocycles. The Morgan fingerprint density at radius 2 is 1.70 bits per heavy atom. The Hall–Kier alpha value is -7.82. The van der Waals surface area contributed by atoms with Gasteiger partial charge in [-0.1, -0.05) is 73.0 Å². The number of quaternary nitrogens is 1. The summed E-state index contributed by atoms with van der Waals surface area (Å²) in [6.45, 7) is 10.2. The number of nitrogens with zero attached hydrogens (tertiary/aromatic N) is 6. The number of benzene rings is 4. The number of thiophene rings is 1. The van der Waals surface area contributed by atoms with Crippen LogP contribution in [0.15, 0.2) is 104 Å². The number of anilines is 1. The molecule has 410 valence electrons. The third-order valence-electron chi connectivity index (χ3n) is 14.7. The lowest BCUT2D eigenvalue weighted by Crippen LogP contribution is -2.57. The van der Waals surface area contributed by atoms with Crippen LogP contribution in [0.3, 0.4) is 0 Å². The number of fused-ring (bicyclic) bond motifs is 1. The summed E-state index contributed by atoms with van der Waals surface area (Å²) in [6.07, 6.45) is 5.34. The number of amides is 3. The lowest BCUT2D eigenvalue weighted by atomic mass is 9.96. The number of primary amides is 1. The topological polar surface area (TPSA) is 213 Å². The summed E-state index contributed by atoms with van der Waals surface area (Å²) in [5, 5.41) is 17.4. The van der Waals surface area contributed by atoms with Crippen molar-refractivity contribution in [3.8, 4) is 57.5 Å². The van der Waals surface area contributed by atoms with Gasteiger partial charge < -0.3 is 44.9 Å². The second-order valence-corrected chi connectivity index (χ2v) is 21.5. The number of methoxy groups -OCH3 is 1. The maximum atomic E-state index is 13.1. The van der Waals surface area contributed by atoms with E-state index in [2.05, 4.69) is 61.5 Å². The normalized spacial score (nSPS) is 14.8. The highest BCUT2D eigenvalue weighted by atomic mass is 35.5. The second kappa shape index (κ2) is 25.3. The monoisotopic (exact) mass is 1110 g/mol. The lowest BCUT2D eigenvalue weighted by molar-refractivity contribution is -0.926. The first-order valence-corrected chi connectivity index (χ1v) is 27.7. The summed E-state index contributed by atoms with van der Waals surface area (Å²) in [7, 11) is 3.89. The third-order valence-corrected chi connectivity index (χ3v) is 16.1. The summed E-state index contributed by atoms with van der Waals surface area (Å²) >= 11 is 8.62. The molecule has 0 radical (unpaired) electrons. The number of nitrogens with two attached hydrogens (primary N) is 1. The Morgan fingerprint density at radius 3 is 2.42 bits per heavy atom. The molecule has 9 rings (SSSR count). The highest BCUT2D eigenvalue weighted by Crippen LogP contribution is 2.50. The fraction of sp³-hybridized carbons (Fsp3) is 0.350. The number of urea groups is 1. The van der Waals surface area contributed by atoms with E-state index in [4.69, 9.17) is 41.3 Å². The minimum Gasteiger partial charge on any atom is -0.496 e. The molecule has 79 heavy (non-hydrogen) atoms. The Labute approximate surface area is 469 Å². The van der Waals surface area contributed by atoms with Gasteiger partial charge in [0.2, 0.25) is 17.9 Å². The molecule has 3 aromatic heterocycles. The number of carboxylic acids is 1. The van der Waals surface area contributed by atoms with Gasteiger partial charge in [-0.25, -0.2) is 29.5 Å². The van der Waals surface area contributed by atoms with E-state index in [0.717, 1.165) is 90.3 Å². The zero-order chi connectivity index (χ0) is 55.5. The summed E-state index contributed by atoms with van der Waals surface area (Å²) in [4.78, 5) is 59.2. The highest BCUT2D eigenvalue weighted by Gasteiger charge is 2.49. The number of ether oxygens (including phenoxy) is 4. The number of carbonyl (C=O) groups excluding carboxylic acids is 2. The molecule has 1 saturated carbocycles. The number of aromatic nitrogens is 4. The highest BCUT2D eigenvalue weighted by molar-refractivity contribution is 7.19. The molecule has 5 N–H and O–H groups in total. The van der Waals surface area contributed by atoms with Gasteiger partial charge >= 0.3 is 12.0 Å². The average molecular weight is 1110 g/mol. The molecular formula is C60H65ClN9O8S+. The molecule has 1 saturated heterocycles. The molecule has 1 atom stereocenters. The van der Waals surface area contributed by atoms with Gasteiger partial charge in [-0.3, -0.25) is 9.69 Å². The average Bonchev–Trinajstić information content (AvgIpc) is 4.33. The largest absolute Gasteiger partial charge is 0.496 e. The first kappa shape index (κ1) is 55.9. The smallest absolute Gasteiger partial charge is 0.345 e. The van der Waals surface area contributed by atoms with Gasteiger partial charge in [-0.15, -0.1) is 17.3 Å². The quantitative estimate of drug-likeness (QED) is 0.0252. The number of carbonyl (C=O) groups is 3. The van der Waals surface area contributed by atoms with Crippen LogP contribution in [-0.2, 0) is 35.6 Å². The van der Waals surface area contributed by atoms with Crippen LogP contribution in [0.1, 0.15) is 66.8 Å². The molecule has 17 nitrogen and oxygen atoms in total. The Bertz CT molecular complexity index is 3390. The van der Waals surface area contributed by atoms with Crippen molar-refractivity contribution in [3.05, 3.63) is 136 Å². The number of nitrogens with one attached hydrogen (secondary N) is 2. The van der Waals surface area contributed by atoms with E-state index in [1.165, 1.54) is 23.2 Å². The number of hydrogen-bond donors (Lipinski definition) is 4. The van der Waals surface area contributed by atoms with E-state index in [1.54, 1.807) is 32.4 Å². The van der Waals surface area contributed by atoms with Crippen LogP contribution in [-0.4, -0.2) is 118 Å². The van der Waals surface area contributed by atoms with Crippen molar-refractivity contribution in [2.75, 3.05) is 65.3 Å². The first-order valence-electron chi connectivity index (χ1n) is 26.5. The van der Waals surface area contributed by atoms with E-state index >= 15 is 0 Å². The summed E-state index contributed by atoms with van der Waals surface area (Å²) in [5.41, 5.74) is 11.2. The molecule has 0 unspecified atom stereocenters. The number of rotatable bonds is 24. The van der Waals surface area contributed by atoms with Crippen LogP contribution in [0.5, 0.6) is 23.1 Å². The zero-order valence-electron chi connectivity index (χ0n) is 44.9. The van der Waals surface area contributed by atoms with Gasteiger partial charge in [0.15, 0.2) is 5.82 Å². The van der Waals surface area contributed by atoms with E-state index in [0.29, 0.717) is 81.1 Å². The van der Waals surface area contributed by atoms with Crippen LogP contribution in [0, 0.1) is 17.3 Å². The van der Waals surface area contributed by atoms with Gasteiger partial charge in [0.1, 0.15) is 48.2 Å². The summed E-state index contributed by atoms with van der Waals surface area (Å²) in [6, 6.07) is 28.0. The third kappa shape index (κ3) is 13.5. The number of hydrogen-bond acceptors (Lipinski definition) is 13. The predicted octanol–water partition coefficient (Wildman–Crippen LogP) is 9.57. The molecule has 0 bridgehead atoms. The fourth-order valence-corrected chi connectivity index (χ4v) is 11.5. The molecule has 0 spiro atoms. The number of carboxylic acid groups (broad SMARTS) is 1. The van der Waals surface area contributed by atoms with E-state index < -0.39 is 18.1 Å². The molecule has 1 aliphatic heterocycles. The maximum Gasteiger partial charge on any atom is 0.345 e. The van der Waals surface area contributed by atoms with Crippen LogP contribution >= 0.6 is 22.9 Å². The summed E-state index contributed by atoms with van der Waals surface area (Å²) in [5.74, 6) is 7.45. The SMILES string of the molecule is CC#Cc1sc2ncnc(O[C@H](Cc3ccccc3OCc3ccnc(-c4ccccc4OC)n3)C(=O)O)c2c1-c1ccc(OCCN2CC[N+](C)(Cc3ccc(NC(=O)C4(CCCNC(N)=O)CC4)cc3)CC2)c(Cl)c1CC. The molecule has 4 heterocycles. The van der Waals surface area contributed by atoms with Crippen molar-refractivity contribution >= 4 is 56.7 Å². The van der Waals surface area contributed by atoms with Gasteiger partial charge in [-0.05, 0) is 98.2 Å². The number of piperazine rings is 1. The molecule has 2 aliphatic rings. The first-order chi connectivity index (χ1) is 38.3. The number of para-hydroxylation sites is 2. The number of aliphatic carboxylic acids is 1. The van der Waals surface area contributed by atoms with Crippen molar-refractivity contribution in [2.45, 2.75) is 71.6 Å². The number of halogens is 1. The molecule has 7 aromatic rings. The van der Waals surface area contributed by atoms with Gasteiger partial charge in [-0.2, -0.15) is 0 Å². The molecule has 3 amide bonds. The van der Waals surface area contributed by atoms with E-state index in [-0.39, 0.29) is 30.2 Å². The van der Waals surface area contributed by atoms with Crippen LogP contribution < -0.4 is 35.3 Å². The standard InChI is InChI=1S/C60H64ClN9O8S/c1-5-12-50-51(52-55(65-38-66-56(52)79-50)78-49(57(71)72)35-40-13-7-9-15-46(40)77-37-42-23-28-63-54(67-42)45-14-8-10-16-47(45)75-4)44-21-22-48(53(61)43(44)6-2)76-34-31-69-29-32-70(3,33-30-69)36-39-17-19-41(20-18-39)68-58(73)60(25-26-60)24-11-27-64-59(62)74/h7-10,13-23,28,38,49H,6,11,24-27,29-37H2,1-4H3,(H4-,62,64,68,71,72,73,74)/p+1/t49-/m1/s1. The molecule has 2 fully saturated rings. The number of likely N-dealkylation sites (N-methyl/N-ethyl adjacent to an activating group) is 1. The minimum atomic E-state index is -1.36. The molecule has 19 heteroatoms. The summed E-state index contributed by atoms with van der Waals surface area (Å²) < 4.78 is 25.5. The van der Waals surface area contributed by atoms with Crippen molar-refractivity contribution in [1.29, 1.82) is 0 Å². The Morgan fingerprint density at radius 1 is 0.937 bits per heavy atom. The van der Waals surface area contributed by atoms with Crippen molar-refractivity contribution in [2.24, 2.45) is 11.1 Å². The molecule has 1 aliphatic carbocycles. The van der Waals surface area contributed by atoms with Gasteiger partial charge in [0.25, 0.3) is 0 Å². The molecular weight excluding hydrogens is 1040 g/mol. The maximum absolute atomic E-state index is 13.1. The Kier molecular flexibility index (Phi) is 17.9. The van der Waals surface area contributed by atoms with Crippen molar-refractivity contribution in [3.63, 3.8) is 0 Å². The van der Waals surface area contributed by atoms with Crippen LogP contribution in [0.2, 0.25) is 5.02 Å². The lowest BCUT2D eigenvalue weighted by Gasteiger charge is -2.42. The van der Waals surface area contributed by atoms with Crippen LogP contribution in [0.25, 0.3) is 32.7 Å². The fourth-order valence-electron chi connectivity index (χ4n) is 10.1. The zero-order valence-corrected chi connectivity index (χ0v) is 46.4. The van der Waals surface area contributed by atoms with E-state index in [1.807, 2.05) is 73.7 Å². The van der Waals surface area contributed by atoms with Crippen molar-refractivity contribution in [1.82, 2.24) is 30.2 Å². The van der Waals surface area contributed by atoms with Crippen molar-refractivity contribution < 1.29 is 42.9 Å². The van der Waals surface area contributed by atoms with Gasteiger partial charge in [0.05, 0.1) is 53.8 Å². The predicted molar refractivity (Wildman–Crippen MR) is 305 cm³/mol. The minimum absolute atomic E-state index is 0.0375.